The molecule has 2 saturated heterocycles. The number of hydrogen-bond donors (Lipinski definition) is 1. The number of carbonyl (C=O) groups is 1. The summed E-state index contributed by atoms with van der Waals surface area (Å²) in [6, 6.07) is 10.9. The number of benzene rings is 2. The first-order valence-corrected chi connectivity index (χ1v) is 12.4. The fourth-order valence-corrected chi connectivity index (χ4v) is 5.61. The van der Waals surface area contributed by atoms with Crippen LogP contribution in [-0.4, -0.2) is 65.1 Å². The molecule has 2 aliphatic rings. The molecule has 178 valence electrons. The van der Waals surface area contributed by atoms with Crippen LogP contribution in [-0.2, 0) is 19.6 Å². The number of nitrogens with zero attached hydrogens (tertiary/aromatic N) is 2. The minimum atomic E-state index is -3.63. The van der Waals surface area contributed by atoms with E-state index in [4.69, 9.17) is 9.47 Å². The zero-order valence-corrected chi connectivity index (χ0v) is 19.3. The van der Waals surface area contributed by atoms with Crippen molar-refractivity contribution in [3.63, 3.8) is 0 Å². The zero-order chi connectivity index (χ0) is 23.4. The Labute approximate surface area is 193 Å². The van der Waals surface area contributed by atoms with Crippen molar-refractivity contribution in [3.05, 3.63) is 48.3 Å². The number of ether oxygens (including phenoxy) is 2. The van der Waals surface area contributed by atoms with E-state index in [0.29, 0.717) is 56.3 Å². The normalized spacial score (nSPS) is 18.2. The second-order valence-electron chi connectivity index (χ2n) is 8.11. The molecule has 2 aromatic rings. The molecule has 4 rings (SSSR count). The molecule has 0 aromatic heterocycles. The molecule has 2 aliphatic heterocycles. The Morgan fingerprint density at radius 3 is 2.33 bits per heavy atom. The topological polar surface area (TPSA) is 88.2 Å². The van der Waals surface area contributed by atoms with Gasteiger partial charge in [0.15, 0.2) is 0 Å². The lowest BCUT2D eigenvalue weighted by molar-refractivity contribution is -0.120. The van der Waals surface area contributed by atoms with Gasteiger partial charge in [-0.15, -0.1) is 0 Å². The molecule has 0 radical (unpaired) electrons. The Morgan fingerprint density at radius 2 is 1.73 bits per heavy atom. The van der Waals surface area contributed by atoms with Gasteiger partial charge in [0.2, 0.25) is 15.9 Å². The molecule has 8 nitrogen and oxygen atoms in total. The number of sulfonamides is 1. The summed E-state index contributed by atoms with van der Waals surface area (Å²) < 4.78 is 52.2. The third-order valence-electron chi connectivity index (χ3n) is 6.09. The van der Waals surface area contributed by atoms with Crippen molar-refractivity contribution in [1.29, 1.82) is 0 Å². The van der Waals surface area contributed by atoms with E-state index in [1.165, 1.54) is 29.6 Å². The van der Waals surface area contributed by atoms with Crippen LogP contribution >= 0.6 is 0 Å². The van der Waals surface area contributed by atoms with E-state index in [-0.39, 0.29) is 29.8 Å². The third-order valence-corrected chi connectivity index (χ3v) is 8.00. The smallest absolute Gasteiger partial charge is 0.243 e. The summed E-state index contributed by atoms with van der Waals surface area (Å²) >= 11 is 0. The molecule has 0 spiro atoms. The molecule has 33 heavy (non-hydrogen) atoms. The van der Waals surface area contributed by atoms with Gasteiger partial charge >= 0.3 is 0 Å². The van der Waals surface area contributed by atoms with E-state index < -0.39 is 15.8 Å². The van der Waals surface area contributed by atoms with Gasteiger partial charge < -0.3 is 19.7 Å². The Morgan fingerprint density at radius 1 is 1.06 bits per heavy atom. The fourth-order valence-electron chi connectivity index (χ4n) is 4.14. The summed E-state index contributed by atoms with van der Waals surface area (Å²) in [6.07, 6.45) is 0.797. The summed E-state index contributed by atoms with van der Waals surface area (Å²) in [7, 11) is -2.11. The van der Waals surface area contributed by atoms with Crippen LogP contribution in [0.25, 0.3) is 0 Å². The highest BCUT2D eigenvalue weighted by molar-refractivity contribution is 7.89. The Hall–Kier alpha value is -2.69. The van der Waals surface area contributed by atoms with Crippen LogP contribution in [0, 0.1) is 11.7 Å². The van der Waals surface area contributed by atoms with Crippen molar-refractivity contribution in [2.75, 3.05) is 56.7 Å². The highest BCUT2D eigenvalue weighted by Crippen LogP contribution is 2.27. The van der Waals surface area contributed by atoms with E-state index >= 15 is 0 Å². The summed E-state index contributed by atoms with van der Waals surface area (Å²) in [6.45, 7) is 2.87. The first kappa shape index (κ1) is 23.5. The van der Waals surface area contributed by atoms with Gasteiger partial charge in [-0.2, -0.15) is 4.31 Å². The molecule has 0 unspecified atom stereocenters. The molecular formula is C23H28FN3O5S. The number of morpholine rings is 1. The SMILES string of the molecule is COc1ccc(S(=O)(=O)N2CCC(C(=O)Nc3ccc(N4CCOCC4)c(F)c3)CC2)cc1. The van der Waals surface area contributed by atoms with Crippen LogP contribution in [0.15, 0.2) is 47.4 Å². The van der Waals surface area contributed by atoms with Crippen LogP contribution in [0.1, 0.15) is 12.8 Å². The minimum Gasteiger partial charge on any atom is -0.497 e. The van der Waals surface area contributed by atoms with Crippen molar-refractivity contribution in [2.24, 2.45) is 5.92 Å². The van der Waals surface area contributed by atoms with Crippen molar-refractivity contribution < 1.29 is 27.1 Å². The second-order valence-corrected chi connectivity index (χ2v) is 10.0. The van der Waals surface area contributed by atoms with Gasteiger partial charge in [0, 0.05) is 37.8 Å². The van der Waals surface area contributed by atoms with Gasteiger partial charge in [-0.3, -0.25) is 4.79 Å². The quantitative estimate of drug-likeness (QED) is 0.688. The predicted octanol–water partition coefficient (Wildman–Crippen LogP) is 2.71. The highest BCUT2D eigenvalue weighted by atomic mass is 32.2. The number of methoxy groups -OCH3 is 1. The first-order valence-electron chi connectivity index (χ1n) is 11.0. The second kappa shape index (κ2) is 10.1. The van der Waals surface area contributed by atoms with E-state index in [0.717, 1.165) is 0 Å². The average Bonchev–Trinajstić information content (AvgIpc) is 2.85. The predicted molar refractivity (Wildman–Crippen MR) is 123 cm³/mol. The van der Waals surface area contributed by atoms with E-state index in [1.54, 1.807) is 24.3 Å². The van der Waals surface area contributed by atoms with Crippen LogP contribution in [0.3, 0.4) is 0 Å². The number of anilines is 2. The summed E-state index contributed by atoms with van der Waals surface area (Å²) in [5.41, 5.74) is 0.885. The van der Waals surface area contributed by atoms with Gasteiger partial charge in [-0.05, 0) is 55.3 Å². The van der Waals surface area contributed by atoms with Crippen molar-refractivity contribution in [3.8, 4) is 5.75 Å². The zero-order valence-electron chi connectivity index (χ0n) is 18.5. The summed E-state index contributed by atoms with van der Waals surface area (Å²) in [4.78, 5) is 14.8. The van der Waals surface area contributed by atoms with Gasteiger partial charge in [0.1, 0.15) is 11.6 Å². The minimum absolute atomic E-state index is 0.196. The maximum absolute atomic E-state index is 14.6. The summed E-state index contributed by atoms with van der Waals surface area (Å²) in [5.74, 6) is -0.377. The third kappa shape index (κ3) is 5.29. The number of nitrogens with one attached hydrogen (secondary N) is 1. The van der Waals surface area contributed by atoms with Crippen molar-refractivity contribution in [1.82, 2.24) is 4.31 Å². The molecular weight excluding hydrogens is 449 g/mol. The fraction of sp³-hybridized carbons (Fsp3) is 0.435. The van der Waals surface area contributed by atoms with Crippen LogP contribution in [0.4, 0.5) is 15.8 Å². The Bertz CT molecular complexity index is 1080. The van der Waals surface area contributed by atoms with Gasteiger partial charge in [-0.25, -0.2) is 12.8 Å². The lowest BCUT2D eigenvalue weighted by atomic mass is 9.97. The molecule has 0 atom stereocenters. The molecule has 1 amide bonds. The highest BCUT2D eigenvalue weighted by Gasteiger charge is 2.32. The summed E-state index contributed by atoms with van der Waals surface area (Å²) in [5, 5.41) is 2.78. The molecule has 2 heterocycles. The molecule has 10 heteroatoms. The first-order chi connectivity index (χ1) is 15.9. The lowest BCUT2D eigenvalue weighted by Crippen LogP contribution is -2.41. The van der Waals surface area contributed by atoms with E-state index in [1.807, 2.05) is 4.90 Å². The molecule has 0 aliphatic carbocycles. The van der Waals surface area contributed by atoms with Gasteiger partial charge in [-0.1, -0.05) is 0 Å². The molecule has 1 N–H and O–H groups in total. The average molecular weight is 478 g/mol. The van der Waals surface area contributed by atoms with Crippen LogP contribution in [0.5, 0.6) is 5.75 Å². The maximum atomic E-state index is 14.6. The number of piperidine rings is 1. The van der Waals surface area contributed by atoms with Crippen LogP contribution in [0.2, 0.25) is 0 Å². The molecule has 0 saturated carbocycles. The number of hydrogen-bond acceptors (Lipinski definition) is 6. The number of amides is 1. The Balaban J connectivity index is 1.34. The van der Waals surface area contributed by atoms with E-state index in [2.05, 4.69) is 5.32 Å². The van der Waals surface area contributed by atoms with Crippen molar-refractivity contribution in [2.45, 2.75) is 17.7 Å². The number of carbonyl (C=O) groups excluding carboxylic acids is 1. The molecule has 2 aromatic carbocycles. The van der Waals surface area contributed by atoms with Gasteiger partial charge in [0.25, 0.3) is 0 Å². The number of rotatable bonds is 6. The largest absolute Gasteiger partial charge is 0.497 e. The maximum Gasteiger partial charge on any atom is 0.243 e. The van der Waals surface area contributed by atoms with Gasteiger partial charge in [0.05, 0.1) is 30.9 Å². The van der Waals surface area contributed by atoms with Crippen LogP contribution < -0.4 is 15.0 Å². The number of halogens is 1. The van der Waals surface area contributed by atoms with Crippen molar-refractivity contribution >= 4 is 27.3 Å². The van der Waals surface area contributed by atoms with E-state index in [9.17, 15) is 17.6 Å². The lowest BCUT2D eigenvalue weighted by Gasteiger charge is -2.31. The standard InChI is InChI=1S/C23H28FN3O5S/c1-31-19-3-5-20(6-4-19)33(29,30)27-10-8-17(9-11-27)23(28)25-18-2-7-22(21(24)16-18)26-12-14-32-15-13-26/h2-7,16-17H,8-15H2,1H3,(H,25,28). The Kier molecular flexibility index (Phi) is 7.16. The molecule has 2 fully saturated rings. The molecule has 0 bridgehead atoms. The monoisotopic (exact) mass is 477 g/mol.